The number of hydrogen-bond acceptors (Lipinski definition) is 4. The van der Waals surface area contributed by atoms with Crippen molar-refractivity contribution in [1.82, 2.24) is 0 Å². The van der Waals surface area contributed by atoms with E-state index in [1.807, 2.05) is 13.0 Å². The van der Waals surface area contributed by atoms with Crippen molar-refractivity contribution in [3.05, 3.63) is 40.4 Å². The number of nitrogens with one attached hydrogen (secondary N) is 1. The first-order valence-electron chi connectivity index (χ1n) is 6.06. The van der Waals surface area contributed by atoms with E-state index in [1.54, 1.807) is 12.1 Å². The maximum Gasteiger partial charge on any atom is 0.586 e. The third-order valence-electron chi connectivity index (χ3n) is 3.04. The molecule has 0 radical (unpaired) electrons. The minimum atomic E-state index is -3.61. The maximum absolute atomic E-state index is 13.0. The lowest BCUT2D eigenvalue weighted by atomic mass is 10.1. The van der Waals surface area contributed by atoms with Crippen LogP contribution in [0.25, 0.3) is 0 Å². The summed E-state index contributed by atoms with van der Waals surface area (Å²) in [5, 5.41) is 3.11. The van der Waals surface area contributed by atoms with Crippen molar-refractivity contribution in [1.29, 1.82) is 0 Å². The number of anilines is 3. The van der Waals surface area contributed by atoms with Crippen LogP contribution in [-0.4, -0.2) is 6.29 Å². The highest BCUT2D eigenvalue weighted by molar-refractivity contribution is 9.10. The zero-order chi connectivity index (χ0) is 15.2. The van der Waals surface area contributed by atoms with Crippen molar-refractivity contribution in [3.8, 4) is 11.5 Å². The van der Waals surface area contributed by atoms with Crippen LogP contribution in [0.3, 0.4) is 0 Å². The molecule has 2 aromatic carbocycles. The van der Waals surface area contributed by atoms with Gasteiger partial charge in [0.15, 0.2) is 11.5 Å². The van der Waals surface area contributed by atoms with Gasteiger partial charge in [-0.15, -0.1) is 8.78 Å². The third-order valence-corrected chi connectivity index (χ3v) is 3.69. The lowest BCUT2D eigenvalue weighted by Gasteiger charge is -2.11. The van der Waals surface area contributed by atoms with Crippen LogP contribution < -0.4 is 20.5 Å². The van der Waals surface area contributed by atoms with Gasteiger partial charge >= 0.3 is 6.29 Å². The van der Waals surface area contributed by atoms with E-state index in [2.05, 4.69) is 30.7 Å². The normalized spacial score (nSPS) is 15.0. The van der Waals surface area contributed by atoms with Gasteiger partial charge in [0.2, 0.25) is 0 Å². The van der Waals surface area contributed by atoms with E-state index in [1.165, 1.54) is 12.1 Å². The molecule has 0 saturated carbocycles. The summed E-state index contributed by atoms with van der Waals surface area (Å²) in [6.45, 7) is 1.88. The number of aryl methyl sites for hydroxylation is 1. The molecule has 110 valence electrons. The number of benzene rings is 2. The van der Waals surface area contributed by atoms with Crippen LogP contribution in [0.1, 0.15) is 5.56 Å². The maximum atomic E-state index is 13.0. The first-order valence-corrected chi connectivity index (χ1v) is 6.86. The van der Waals surface area contributed by atoms with E-state index in [-0.39, 0.29) is 11.5 Å². The minimum Gasteiger partial charge on any atom is -0.398 e. The van der Waals surface area contributed by atoms with Gasteiger partial charge in [-0.25, -0.2) is 0 Å². The third kappa shape index (κ3) is 2.73. The number of rotatable bonds is 2. The quantitative estimate of drug-likeness (QED) is 0.782. The van der Waals surface area contributed by atoms with E-state index in [0.29, 0.717) is 11.4 Å². The summed E-state index contributed by atoms with van der Waals surface area (Å²) >= 11 is 3.40. The molecule has 0 bridgehead atoms. The summed E-state index contributed by atoms with van der Waals surface area (Å²) in [6, 6.07) is 8.14. The summed E-state index contributed by atoms with van der Waals surface area (Å²) in [5.41, 5.74) is 8.75. The molecule has 0 spiro atoms. The average Bonchev–Trinajstić information content (AvgIpc) is 2.69. The molecule has 0 amide bonds. The molecule has 21 heavy (non-hydrogen) atoms. The van der Waals surface area contributed by atoms with Crippen LogP contribution in [0.2, 0.25) is 0 Å². The Hall–Kier alpha value is -2.02. The molecule has 3 N–H and O–H groups in total. The van der Waals surface area contributed by atoms with Crippen LogP contribution in [-0.2, 0) is 0 Å². The van der Waals surface area contributed by atoms with Crippen molar-refractivity contribution >= 4 is 33.0 Å². The van der Waals surface area contributed by atoms with E-state index in [9.17, 15) is 8.78 Å². The number of alkyl halides is 2. The molecule has 2 aromatic rings. The molecule has 1 aliphatic heterocycles. The van der Waals surface area contributed by atoms with Gasteiger partial charge in [-0.05, 0) is 52.7 Å². The van der Waals surface area contributed by atoms with Gasteiger partial charge in [0.1, 0.15) is 0 Å². The van der Waals surface area contributed by atoms with Crippen molar-refractivity contribution in [2.24, 2.45) is 0 Å². The molecule has 7 heteroatoms. The summed E-state index contributed by atoms with van der Waals surface area (Å²) in [4.78, 5) is 0. The molecular weight excluding hydrogens is 346 g/mol. The lowest BCUT2D eigenvalue weighted by Crippen LogP contribution is -2.25. The fraction of sp³-hybridized carbons (Fsp3) is 0.143. The van der Waals surface area contributed by atoms with Gasteiger partial charge < -0.3 is 20.5 Å². The van der Waals surface area contributed by atoms with Crippen LogP contribution in [0, 0.1) is 6.92 Å². The Morgan fingerprint density at radius 3 is 2.62 bits per heavy atom. The van der Waals surface area contributed by atoms with Crippen molar-refractivity contribution in [3.63, 3.8) is 0 Å². The van der Waals surface area contributed by atoms with E-state index in [0.717, 1.165) is 15.7 Å². The Morgan fingerprint density at radius 1 is 1.14 bits per heavy atom. The van der Waals surface area contributed by atoms with Gasteiger partial charge in [0, 0.05) is 21.9 Å². The molecule has 0 unspecified atom stereocenters. The van der Waals surface area contributed by atoms with Crippen LogP contribution >= 0.6 is 15.9 Å². The highest BCUT2D eigenvalue weighted by atomic mass is 79.9. The predicted octanol–water partition coefficient (Wildman–Crippen LogP) is 4.40. The SMILES string of the molecule is Cc1cc(Nc2ccc3c(c2)OC(F)(F)O3)c(Br)cc1N. The van der Waals surface area contributed by atoms with E-state index < -0.39 is 6.29 Å². The molecule has 0 aliphatic carbocycles. The van der Waals surface area contributed by atoms with Gasteiger partial charge in [0.25, 0.3) is 0 Å². The summed E-state index contributed by atoms with van der Waals surface area (Å²) in [6.07, 6.45) is -3.61. The first kappa shape index (κ1) is 13.9. The number of nitrogens with two attached hydrogens (primary N) is 1. The van der Waals surface area contributed by atoms with Crippen LogP contribution in [0.5, 0.6) is 11.5 Å². The molecule has 1 aliphatic rings. The topological polar surface area (TPSA) is 56.5 Å². The fourth-order valence-corrected chi connectivity index (χ4v) is 2.44. The number of fused-ring (bicyclic) bond motifs is 1. The van der Waals surface area contributed by atoms with Gasteiger partial charge in [-0.1, -0.05) is 0 Å². The van der Waals surface area contributed by atoms with Gasteiger partial charge in [-0.3, -0.25) is 0 Å². The Morgan fingerprint density at radius 2 is 1.86 bits per heavy atom. The monoisotopic (exact) mass is 356 g/mol. The van der Waals surface area contributed by atoms with Crippen molar-refractivity contribution in [2.75, 3.05) is 11.1 Å². The van der Waals surface area contributed by atoms with Crippen molar-refractivity contribution in [2.45, 2.75) is 13.2 Å². The average molecular weight is 357 g/mol. The van der Waals surface area contributed by atoms with Crippen LogP contribution in [0.4, 0.5) is 25.8 Å². The second-order valence-electron chi connectivity index (χ2n) is 4.64. The lowest BCUT2D eigenvalue weighted by molar-refractivity contribution is -0.286. The second-order valence-corrected chi connectivity index (χ2v) is 5.50. The standard InChI is InChI=1S/C14H11BrF2N2O2/c1-7-4-11(9(15)6-10(7)18)19-8-2-3-12-13(5-8)21-14(16,17)20-12/h2-6,19H,18H2,1H3. The Bertz CT molecular complexity index is 722. The molecule has 0 fully saturated rings. The first-order chi connectivity index (χ1) is 9.84. The summed E-state index contributed by atoms with van der Waals surface area (Å²) < 4.78 is 35.5. The molecule has 4 nitrogen and oxygen atoms in total. The Kier molecular flexibility index (Phi) is 3.16. The number of hydrogen-bond donors (Lipinski definition) is 2. The molecular formula is C14H11BrF2N2O2. The fourth-order valence-electron chi connectivity index (χ4n) is 1.97. The molecule has 3 rings (SSSR count). The van der Waals surface area contributed by atoms with Gasteiger partial charge in [-0.2, -0.15) is 0 Å². The molecule has 0 aromatic heterocycles. The highest BCUT2D eigenvalue weighted by Crippen LogP contribution is 2.43. The van der Waals surface area contributed by atoms with E-state index >= 15 is 0 Å². The number of ether oxygens (including phenoxy) is 2. The predicted molar refractivity (Wildman–Crippen MR) is 79.2 cm³/mol. The Labute approximate surface area is 128 Å². The molecule has 1 heterocycles. The van der Waals surface area contributed by atoms with Gasteiger partial charge in [0.05, 0.1) is 5.69 Å². The largest absolute Gasteiger partial charge is 0.586 e. The summed E-state index contributed by atoms with van der Waals surface area (Å²) in [5.74, 6) is 0.00592. The number of halogens is 3. The van der Waals surface area contributed by atoms with Crippen LogP contribution in [0.15, 0.2) is 34.8 Å². The highest BCUT2D eigenvalue weighted by Gasteiger charge is 2.43. The smallest absolute Gasteiger partial charge is 0.398 e. The zero-order valence-corrected chi connectivity index (χ0v) is 12.5. The molecule has 0 saturated heterocycles. The minimum absolute atomic E-state index is 0.00621. The second kappa shape index (κ2) is 4.77. The molecule has 0 atom stereocenters. The Balaban J connectivity index is 1.89. The zero-order valence-electron chi connectivity index (χ0n) is 10.9. The summed E-state index contributed by atoms with van der Waals surface area (Å²) in [7, 11) is 0. The number of nitrogen functional groups attached to an aromatic ring is 1. The van der Waals surface area contributed by atoms with Crippen molar-refractivity contribution < 1.29 is 18.3 Å². The van der Waals surface area contributed by atoms with E-state index in [4.69, 9.17) is 5.73 Å².